The number of nitrogens with one attached hydrogen (secondary N) is 2. The van der Waals surface area contributed by atoms with Gasteiger partial charge in [0.05, 0.1) is 17.2 Å². The van der Waals surface area contributed by atoms with Crippen LogP contribution in [0.1, 0.15) is 37.8 Å². The van der Waals surface area contributed by atoms with Crippen molar-refractivity contribution in [2.24, 2.45) is 0 Å². The van der Waals surface area contributed by atoms with Crippen LogP contribution in [0.15, 0.2) is 18.2 Å². The molecule has 0 fully saturated rings. The van der Waals surface area contributed by atoms with Crippen LogP contribution >= 0.6 is 0 Å². The van der Waals surface area contributed by atoms with E-state index in [1.54, 1.807) is 0 Å². The molecule has 0 heterocycles. The molecule has 6 heteroatoms. The van der Waals surface area contributed by atoms with Crippen LogP contribution in [0.3, 0.4) is 0 Å². The van der Waals surface area contributed by atoms with Crippen LogP contribution < -0.4 is 10.6 Å². The second-order valence-corrected chi connectivity index (χ2v) is 4.89. The summed E-state index contributed by atoms with van der Waals surface area (Å²) >= 11 is 0. The summed E-state index contributed by atoms with van der Waals surface area (Å²) < 4.78 is 13.5. The number of urea groups is 1. The number of amides is 2. The highest BCUT2D eigenvalue weighted by atomic mass is 19.1. The van der Waals surface area contributed by atoms with E-state index in [1.807, 2.05) is 19.9 Å². The summed E-state index contributed by atoms with van der Waals surface area (Å²) in [5.74, 6) is -0.479. The maximum atomic E-state index is 13.5. The normalized spacial score (nSPS) is 10.8. The van der Waals surface area contributed by atoms with E-state index in [-0.39, 0.29) is 18.7 Å². The van der Waals surface area contributed by atoms with Crippen molar-refractivity contribution in [1.29, 1.82) is 5.26 Å². The van der Waals surface area contributed by atoms with Gasteiger partial charge in [-0.05, 0) is 31.0 Å². The van der Waals surface area contributed by atoms with Gasteiger partial charge in [0.25, 0.3) is 0 Å². The first-order chi connectivity index (χ1) is 9.94. The maximum absolute atomic E-state index is 13.5. The van der Waals surface area contributed by atoms with Gasteiger partial charge < -0.3 is 15.7 Å². The standard InChI is InChI=1S/C15H20FN3O2/c1-3-15(21,4-2)10-19-14(20)18-9-12-7-11(8-17)5-6-13(12)16/h5-7,21H,3-4,9-10H2,1-2H3,(H2,18,19,20). The summed E-state index contributed by atoms with van der Waals surface area (Å²) in [6, 6.07) is 5.39. The zero-order chi connectivity index (χ0) is 15.9. The number of nitriles is 1. The van der Waals surface area contributed by atoms with Crippen molar-refractivity contribution in [1.82, 2.24) is 10.6 Å². The highest BCUT2D eigenvalue weighted by molar-refractivity contribution is 5.73. The van der Waals surface area contributed by atoms with Crippen molar-refractivity contribution >= 4 is 6.03 Å². The Kier molecular flexibility index (Phi) is 6.12. The Hall–Kier alpha value is -2.13. The van der Waals surface area contributed by atoms with E-state index in [9.17, 15) is 14.3 Å². The van der Waals surface area contributed by atoms with Crippen LogP contribution in [-0.4, -0.2) is 23.3 Å². The molecular weight excluding hydrogens is 273 g/mol. The van der Waals surface area contributed by atoms with Crippen molar-refractivity contribution in [2.45, 2.75) is 38.8 Å². The molecule has 1 rings (SSSR count). The SMILES string of the molecule is CCC(O)(CC)CNC(=O)NCc1cc(C#N)ccc1F. The van der Waals surface area contributed by atoms with E-state index >= 15 is 0 Å². The molecule has 5 nitrogen and oxygen atoms in total. The molecule has 21 heavy (non-hydrogen) atoms. The van der Waals surface area contributed by atoms with Gasteiger partial charge in [-0.3, -0.25) is 0 Å². The molecular formula is C15H20FN3O2. The first-order valence-electron chi connectivity index (χ1n) is 6.86. The monoisotopic (exact) mass is 293 g/mol. The van der Waals surface area contributed by atoms with E-state index in [2.05, 4.69) is 10.6 Å². The second-order valence-electron chi connectivity index (χ2n) is 4.89. The second kappa shape index (κ2) is 7.60. The number of rotatable bonds is 6. The van der Waals surface area contributed by atoms with Gasteiger partial charge in [0, 0.05) is 18.7 Å². The number of aliphatic hydroxyl groups is 1. The summed E-state index contributed by atoms with van der Waals surface area (Å²) in [6.45, 7) is 3.79. The molecule has 2 amide bonds. The fraction of sp³-hybridized carbons (Fsp3) is 0.467. The number of carbonyl (C=O) groups excluding carboxylic acids is 1. The summed E-state index contributed by atoms with van der Waals surface area (Å²) in [4.78, 5) is 11.6. The molecule has 0 saturated heterocycles. The Morgan fingerprint density at radius 2 is 2.05 bits per heavy atom. The molecule has 114 valence electrons. The molecule has 0 radical (unpaired) electrons. The van der Waals surface area contributed by atoms with E-state index in [1.165, 1.54) is 18.2 Å². The van der Waals surface area contributed by atoms with Crippen molar-refractivity contribution < 1.29 is 14.3 Å². The van der Waals surface area contributed by atoms with Crippen LogP contribution in [0.5, 0.6) is 0 Å². The number of hydrogen-bond acceptors (Lipinski definition) is 3. The molecule has 0 unspecified atom stereocenters. The molecule has 3 N–H and O–H groups in total. The Labute approximate surface area is 123 Å². The quantitative estimate of drug-likeness (QED) is 0.750. The molecule has 0 bridgehead atoms. The lowest BCUT2D eigenvalue weighted by Gasteiger charge is -2.25. The first-order valence-corrected chi connectivity index (χ1v) is 6.86. The van der Waals surface area contributed by atoms with Crippen molar-refractivity contribution in [2.75, 3.05) is 6.54 Å². The number of hydrogen-bond donors (Lipinski definition) is 3. The lowest BCUT2D eigenvalue weighted by atomic mass is 9.98. The molecule has 0 spiro atoms. The Morgan fingerprint density at radius 3 is 2.62 bits per heavy atom. The van der Waals surface area contributed by atoms with E-state index in [0.717, 1.165) is 0 Å². The van der Waals surface area contributed by atoms with Gasteiger partial charge >= 0.3 is 6.03 Å². The van der Waals surface area contributed by atoms with Gasteiger partial charge in [0.2, 0.25) is 0 Å². The third-order valence-corrected chi connectivity index (χ3v) is 3.51. The highest BCUT2D eigenvalue weighted by Gasteiger charge is 2.22. The predicted molar refractivity (Wildman–Crippen MR) is 76.9 cm³/mol. The van der Waals surface area contributed by atoms with Gasteiger partial charge in [-0.25, -0.2) is 9.18 Å². The zero-order valence-corrected chi connectivity index (χ0v) is 12.2. The molecule has 1 aromatic carbocycles. The zero-order valence-electron chi connectivity index (χ0n) is 12.2. The summed E-state index contributed by atoms with van der Waals surface area (Å²) in [5, 5.41) is 23.9. The minimum atomic E-state index is -0.927. The van der Waals surface area contributed by atoms with E-state index in [4.69, 9.17) is 5.26 Å². The molecule has 0 aromatic heterocycles. The van der Waals surface area contributed by atoms with Crippen LogP contribution in [-0.2, 0) is 6.54 Å². The Bertz CT molecular complexity index is 536. The molecule has 0 aliphatic carbocycles. The lowest BCUT2D eigenvalue weighted by molar-refractivity contribution is 0.0349. The van der Waals surface area contributed by atoms with Crippen molar-refractivity contribution in [3.63, 3.8) is 0 Å². The topological polar surface area (TPSA) is 85.2 Å². The van der Waals surface area contributed by atoms with Crippen LogP contribution in [0.25, 0.3) is 0 Å². The van der Waals surface area contributed by atoms with Gasteiger partial charge in [0.15, 0.2) is 0 Å². The summed E-state index contributed by atoms with van der Waals surface area (Å²) in [6.07, 6.45) is 1.06. The predicted octanol–water partition coefficient (Wildman–Crippen LogP) is 2.05. The molecule has 1 aromatic rings. The maximum Gasteiger partial charge on any atom is 0.315 e. The van der Waals surface area contributed by atoms with E-state index in [0.29, 0.717) is 18.4 Å². The number of nitrogens with zero attached hydrogens (tertiary/aromatic N) is 1. The number of benzene rings is 1. The minimum Gasteiger partial charge on any atom is -0.388 e. The van der Waals surface area contributed by atoms with Gasteiger partial charge in [-0.1, -0.05) is 13.8 Å². The van der Waals surface area contributed by atoms with Crippen molar-refractivity contribution in [3.05, 3.63) is 35.1 Å². The molecule has 0 aliphatic rings. The Morgan fingerprint density at radius 1 is 1.38 bits per heavy atom. The number of carbonyl (C=O) groups is 1. The fourth-order valence-corrected chi connectivity index (χ4v) is 1.76. The summed E-state index contributed by atoms with van der Waals surface area (Å²) in [7, 11) is 0. The molecule has 0 saturated carbocycles. The number of halogens is 1. The van der Waals surface area contributed by atoms with Gasteiger partial charge in [-0.2, -0.15) is 5.26 Å². The van der Waals surface area contributed by atoms with E-state index < -0.39 is 17.4 Å². The van der Waals surface area contributed by atoms with Crippen LogP contribution in [0.4, 0.5) is 9.18 Å². The first kappa shape index (κ1) is 16.9. The lowest BCUT2D eigenvalue weighted by Crippen LogP contribution is -2.45. The minimum absolute atomic E-state index is 0.0239. The van der Waals surface area contributed by atoms with Crippen LogP contribution in [0.2, 0.25) is 0 Å². The third-order valence-electron chi connectivity index (χ3n) is 3.51. The average molecular weight is 293 g/mol. The van der Waals surface area contributed by atoms with Crippen molar-refractivity contribution in [3.8, 4) is 6.07 Å². The third kappa shape index (κ3) is 5.04. The Balaban J connectivity index is 2.52. The largest absolute Gasteiger partial charge is 0.388 e. The molecule has 0 aliphatic heterocycles. The van der Waals surface area contributed by atoms with Gasteiger partial charge in [0.1, 0.15) is 5.82 Å². The highest BCUT2D eigenvalue weighted by Crippen LogP contribution is 2.13. The van der Waals surface area contributed by atoms with Gasteiger partial charge in [-0.15, -0.1) is 0 Å². The molecule has 0 atom stereocenters. The summed E-state index contributed by atoms with van der Waals surface area (Å²) in [5.41, 5.74) is -0.353. The fourth-order valence-electron chi connectivity index (χ4n) is 1.76. The van der Waals surface area contributed by atoms with Crippen LogP contribution in [0, 0.1) is 17.1 Å². The smallest absolute Gasteiger partial charge is 0.315 e. The average Bonchev–Trinajstić information content (AvgIpc) is 2.51.